The Morgan fingerprint density at radius 3 is 2.52 bits per heavy atom. The van der Waals surface area contributed by atoms with Crippen LogP contribution in [0.5, 0.6) is 0 Å². The zero-order valence-electron chi connectivity index (χ0n) is 16.1. The molecular formula is C22H27N3O2. The average Bonchev–Trinajstić information content (AvgIpc) is 2.98. The Morgan fingerprint density at radius 1 is 1.15 bits per heavy atom. The fraction of sp³-hybridized carbons (Fsp3) is 0.364. The second-order valence-corrected chi connectivity index (χ2v) is 7.06. The van der Waals surface area contributed by atoms with E-state index in [1.165, 1.54) is 16.7 Å². The van der Waals surface area contributed by atoms with Crippen LogP contribution in [0.25, 0.3) is 0 Å². The van der Waals surface area contributed by atoms with Crippen molar-refractivity contribution in [3.05, 3.63) is 66.5 Å². The quantitative estimate of drug-likeness (QED) is 0.771. The van der Waals surface area contributed by atoms with Crippen LogP contribution in [0.2, 0.25) is 0 Å². The fourth-order valence-electron chi connectivity index (χ4n) is 3.74. The van der Waals surface area contributed by atoms with E-state index in [1.54, 1.807) is 19.2 Å². The summed E-state index contributed by atoms with van der Waals surface area (Å²) in [5.41, 5.74) is 2.57. The minimum Gasteiger partial charge on any atom is -0.353 e. The molecule has 142 valence electrons. The molecule has 0 N–H and O–H groups in total. The summed E-state index contributed by atoms with van der Waals surface area (Å²) in [6.45, 7) is 4.28. The van der Waals surface area contributed by atoms with E-state index >= 15 is 0 Å². The Morgan fingerprint density at radius 2 is 1.89 bits per heavy atom. The number of likely N-dealkylation sites (N-methyl/N-ethyl adjacent to an activating group) is 1. The number of aromatic nitrogens is 1. The number of anilines is 1. The molecule has 1 aliphatic rings. The molecule has 27 heavy (non-hydrogen) atoms. The molecule has 0 radical (unpaired) electrons. The number of benzene rings is 1. The van der Waals surface area contributed by atoms with Gasteiger partial charge in [0.15, 0.2) is 0 Å². The van der Waals surface area contributed by atoms with Crippen molar-refractivity contribution in [2.45, 2.75) is 31.7 Å². The standard InChI is InChI=1S/C22H27N3O2/c1-4-21(26)24(3)18-13-11-17(12-14-18)22(27)25-16-7-5-6-9-20(25)19-10-8-15-23(19)2/h4,8,10-15,20H,1,5-7,9,16H2,2-3H3. The summed E-state index contributed by atoms with van der Waals surface area (Å²) in [4.78, 5) is 28.5. The molecule has 5 heteroatoms. The van der Waals surface area contributed by atoms with Gasteiger partial charge in [0.2, 0.25) is 5.91 Å². The first-order chi connectivity index (χ1) is 13.0. The van der Waals surface area contributed by atoms with Gasteiger partial charge in [0.25, 0.3) is 5.91 Å². The molecule has 0 spiro atoms. The van der Waals surface area contributed by atoms with Crippen LogP contribution in [0.3, 0.4) is 0 Å². The first kappa shape index (κ1) is 19.0. The average molecular weight is 365 g/mol. The van der Waals surface area contributed by atoms with Gasteiger partial charge in [-0.3, -0.25) is 9.59 Å². The Labute approximate surface area is 160 Å². The zero-order valence-corrected chi connectivity index (χ0v) is 16.1. The van der Waals surface area contributed by atoms with Crippen molar-refractivity contribution in [3.8, 4) is 0 Å². The van der Waals surface area contributed by atoms with Gasteiger partial charge in [-0.2, -0.15) is 0 Å². The summed E-state index contributed by atoms with van der Waals surface area (Å²) in [7, 11) is 3.73. The Kier molecular flexibility index (Phi) is 5.79. The van der Waals surface area contributed by atoms with Crippen LogP contribution in [-0.2, 0) is 11.8 Å². The number of likely N-dealkylation sites (tertiary alicyclic amines) is 1. The Balaban J connectivity index is 1.85. The van der Waals surface area contributed by atoms with Crippen LogP contribution >= 0.6 is 0 Å². The number of aryl methyl sites for hydroxylation is 1. The first-order valence-electron chi connectivity index (χ1n) is 9.45. The number of carbonyl (C=O) groups excluding carboxylic acids is 2. The molecule has 0 aliphatic carbocycles. The van der Waals surface area contributed by atoms with Crippen LogP contribution in [0.15, 0.2) is 55.3 Å². The number of hydrogen-bond donors (Lipinski definition) is 0. The summed E-state index contributed by atoms with van der Waals surface area (Å²) >= 11 is 0. The second-order valence-electron chi connectivity index (χ2n) is 7.06. The number of amides is 2. The number of carbonyl (C=O) groups is 2. The number of nitrogens with zero attached hydrogens (tertiary/aromatic N) is 3. The molecule has 1 aromatic heterocycles. The lowest BCUT2D eigenvalue weighted by molar-refractivity contribution is -0.113. The largest absolute Gasteiger partial charge is 0.353 e. The van der Waals surface area contributed by atoms with Crippen LogP contribution in [0.4, 0.5) is 5.69 Å². The Bertz CT molecular complexity index is 822. The fourth-order valence-corrected chi connectivity index (χ4v) is 3.74. The van der Waals surface area contributed by atoms with Gasteiger partial charge in [0.05, 0.1) is 6.04 Å². The molecule has 3 rings (SSSR count). The minimum absolute atomic E-state index is 0.0485. The molecule has 2 heterocycles. The van der Waals surface area contributed by atoms with Crippen molar-refractivity contribution in [3.63, 3.8) is 0 Å². The van der Waals surface area contributed by atoms with Gasteiger partial charge in [-0.05, 0) is 55.3 Å². The molecule has 2 amide bonds. The Hall–Kier alpha value is -2.82. The zero-order chi connectivity index (χ0) is 19.4. The van der Waals surface area contributed by atoms with Crippen molar-refractivity contribution in [1.29, 1.82) is 0 Å². The van der Waals surface area contributed by atoms with E-state index in [0.29, 0.717) is 5.56 Å². The maximum absolute atomic E-state index is 13.3. The molecule has 1 fully saturated rings. The summed E-state index contributed by atoms with van der Waals surface area (Å²) in [6.07, 6.45) is 7.61. The number of hydrogen-bond acceptors (Lipinski definition) is 2. The molecule has 1 aliphatic heterocycles. The van der Waals surface area contributed by atoms with Gasteiger partial charge in [-0.15, -0.1) is 0 Å². The van der Waals surface area contributed by atoms with Crippen molar-refractivity contribution in [2.75, 3.05) is 18.5 Å². The van der Waals surface area contributed by atoms with Crippen molar-refractivity contribution in [1.82, 2.24) is 9.47 Å². The van der Waals surface area contributed by atoms with E-state index in [1.807, 2.05) is 36.3 Å². The highest BCUT2D eigenvalue weighted by Gasteiger charge is 2.29. The van der Waals surface area contributed by atoms with Crippen molar-refractivity contribution >= 4 is 17.5 Å². The second kappa shape index (κ2) is 8.25. The van der Waals surface area contributed by atoms with Crippen molar-refractivity contribution < 1.29 is 9.59 Å². The summed E-state index contributed by atoms with van der Waals surface area (Å²) in [5, 5.41) is 0. The van der Waals surface area contributed by atoms with Crippen LogP contribution in [0.1, 0.15) is 47.8 Å². The summed E-state index contributed by atoms with van der Waals surface area (Å²) < 4.78 is 2.11. The normalized spacial score (nSPS) is 17.3. The van der Waals surface area contributed by atoms with E-state index in [0.717, 1.165) is 37.9 Å². The SMILES string of the molecule is C=CC(=O)N(C)c1ccc(C(=O)N2CCCCCC2c2cccn2C)cc1. The minimum atomic E-state index is -0.176. The van der Waals surface area contributed by atoms with Gasteiger partial charge >= 0.3 is 0 Å². The molecule has 1 saturated heterocycles. The summed E-state index contributed by atoms with van der Waals surface area (Å²) in [5.74, 6) is -0.127. The lowest BCUT2D eigenvalue weighted by Crippen LogP contribution is -2.35. The lowest BCUT2D eigenvalue weighted by atomic mass is 10.0. The van der Waals surface area contributed by atoms with E-state index in [2.05, 4.69) is 17.2 Å². The smallest absolute Gasteiger partial charge is 0.254 e. The van der Waals surface area contributed by atoms with Crippen LogP contribution in [0, 0.1) is 0 Å². The van der Waals surface area contributed by atoms with Crippen LogP contribution in [-0.4, -0.2) is 34.9 Å². The predicted molar refractivity (Wildman–Crippen MR) is 108 cm³/mol. The highest BCUT2D eigenvalue weighted by Crippen LogP contribution is 2.31. The van der Waals surface area contributed by atoms with Gasteiger partial charge < -0.3 is 14.4 Å². The predicted octanol–water partition coefficient (Wildman–Crippen LogP) is 3.93. The van der Waals surface area contributed by atoms with E-state index < -0.39 is 0 Å². The lowest BCUT2D eigenvalue weighted by Gasteiger charge is -2.31. The molecule has 1 unspecified atom stereocenters. The van der Waals surface area contributed by atoms with Gasteiger partial charge in [0.1, 0.15) is 0 Å². The van der Waals surface area contributed by atoms with Gasteiger partial charge in [-0.1, -0.05) is 19.4 Å². The molecule has 0 bridgehead atoms. The first-order valence-corrected chi connectivity index (χ1v) is 9.45. The van der Waals surface area contributed by atoms with Gasteiger partial charge in [0, 0.05) is 43.8 Å². The van der Waals surface area contributed by atoms with Crippen LogP contribution < -0.4 is 4.90 Å². The number of rotatable bonds is 4. The maximum Gasteiger partial charge on any atom is 0.254 e. The molecule has 1 aromatic carbocycles. The molecule has 5 nitrogen and oxygen atoms in total. The molecule has 1 atom stereocenters. The van der Waals surface area contributed by atoms with Crippen molar-refractivity contribution in [2.24, 2.45) is 7.05 Å². The van der Waals surface area contributed by atoms with E-state index in [-0.39, 0.29) is 17.9 Å². The third-order valence-electron chi connectivity index (χ3n) is 5.35. The monoisotopic (exact) mass is 365 g/mol. The maximum atomic E-state index is 13.3. The third-order valence-corrected chi connectivity index (χ3v) is 5.35. The topological polar surface area (TPSA) is 45.6 Å². The highest BCUT2D eigenvalue weighted by molar-refractivity contribution is 6.01. The molecule has 0 saturated carbocycles. The molecule has 2 aromatic rings. The van der Waals surface area contributed by atoms with E-state index in [9.17, 15) is 9.59 Å². The summed E-state index contributed by atoms with van der Waals surface area (Å²) in [6, 6.07) is 11.5. The molecular weight excluding hydrogens is 338 g/mol. The highest BCUT2D eigenvalue weighted by atomic mass is 16.2. The third kappa shape index (κ3) is 3.97. The van der Waals surface area contributed by atoms with Gasteiger partial charge in [-0.25, -0.2) is 0 Å². The van der Waals surface area contributed by atoms with E-state index in [4.69, 9.17) is 0 Å².